The van der Waals surface area contributed by atoms with Crippen molar-refractivity contribution in [3.8, 4) is 6.07 Å². The molecule has 2 aromatic heterocycles. The minimum absolute atomic E-state index is 0.334. The van der Waals surface area contributed by atoms with Gasteiger partial charge in [-0.25, -0.2) is 9.78 Å². The van der Waals surface area contributed by atoms with E-state index in [1.54, 1.807) is 11.8 Å². The number of hydrogen-bond acceptors (Lipinski definition) is 5. The van der Waals surface area contributed by atoms with Gasteiger partial charge in [0.15, 0.2) is 10.8 Å². The van der Waals surface area contributed by atoms with Gasteiger partial charge in [0.2, 0.25) is 0 Å². The van der Waals surface area contributed by atoms with E-state index < -0.39 is 0 Å². The highest BCUT2D eigenvalue weighted by Crippen LogP contribution is 2.55. The van der Waals surface area contributed by atoms with Crippen LogP contribution in [0, 0.1) is 29.1 Å². The van der Waals surface area contributed by atoms with Gasteiger partial charge in [-0.05, 0) is 30.6 Å². The molecule has 2 aliphatic carbocycles. The van der Waals surface area contributed by atoms with E-state index in [9.17, 15) is 4.79 Å². The van der Waals surface area contributed by atoms with Crippen LogP contribution in [0.4, 0.5) is 0 Å². The van der Waals surface area contributed by atoms with Crippen LogP contribution in [0.25, 0.3) is 5.65 Å². The molecule has 0 aliphatic heterocycles. The van der Waals surface area contributed by atoms with E-state index in [0.717, 1.165) is 28.0 Å². The molecular formula is C15H17N5OS. The molecule has 2 aromatic rings. The van der Waals surface area contributed by atoms with Crippen LogP contribution in [-0.2, 0) is 0 Å². The van der Waals surface area contributed by atoms with E-state index in [4.69, 9.17) is 5.26 Å². The molecule has 0 spiro atoms. The molecule has 2 heterocycles. The number of nitriles is 1. The first kappa shape index (κ1) is 13.8. The summed E-state index contributed by atoms with van der Waals surface area (Å²) in [6, 6.07) is 2.02. The van der Waals surface area contributed by atoms with Crippen molar-refractivity contribution in [3.63, 3.8) is 0 Å². The van der Waals surface area contributed by atoms with E-state index in [1.165, 1.54) is 38.3 Å². The first-order valence-electron chi connectivity index (χ1n) is 7.79. The fraction of sp³-hybridized carbons (Fsp3) is 0.600. The zero-order chi connectivity index (χ0) is 15.1. The first-order chi connectivity index (χ1) is 10.8. The molecule has 0 bridgehead atoms. The molecule has 4 rings (SSSR count). The number of fused-ring (bicyclic) bond motifs is 2. The monoisotopic (exact) mass is 315 g/mol. The molecule has 2 aliphatic rings. The summed E-state index contributed by atoms with van der Waals surface area (Å²) in [6.45, 7) is 0. The summed E-state index contributed by atoms with van der Waals surface area (Å²) in [5, 5.41) is 13.5. The van der Waals surface area contributed by atoms with Crippen molar-refractivity contribution in [1.29, 1.82) is 5.26 Å². The Morgan fingerprint density at radius 3 is 2.86 bits per heavy atom. The van der Waals surface area contributed by atoms with Crippen LogP contribution in [-0.4, -0.2) is 25.3 Å². The predicted molar refractivity (Wildman–Crippen MR) is 82.6 cm³/mol. The lowest BCUT2D eigenvalue weighted by molar-refractivity contribution is 0.596. The number of thioether (sulfide) groups is 1. The number of H-pyrrole nitrogens is 1. The molecule has 2 unspecified atom stereocenters. The van der Waals surface area contributed by atoms with Gasteiger partial charge in [-0.2, -0.15) is 14.9 Å². The van der Waals surface area contributed by atoms with Crippen LogP contribution in [0.5, 0.6) is 0 Å². The average molecular weight is 315 g/mol. The summed E-state index contributed by atoms with van der Waals surface area (Å²) in [5.74, 6) is 3.54. The average Bonchev–Trinajstić information content (AvgIpc) is 3.09. The Morgan fingerprint density at radius 1 is 1.36 bits per heavy atom. The molecule has 22 heavy (non-hydrogen) atoms. The Morgan fingerprint density at radius 2 is 2.14 bits per heavy atom. The number of hydrogen-bond donors (Lipinski definition) is 1. The molecule has 0 aromatic carbocycles. The Kier molecular flexibility index (Phi) is 3.41. The predicted octanol–water partition coefficient (Wildman–Crippen LogP) is 2.21. The molecule has 2 fully saturated rings. The van der Waals surface area contributed by atoms with Gasteiger partial charge in [0, 0.05) is 5.75 Å². The van der Waals surface area contributed by atoms with Gasteiger partial charge in [0.05, 0.1) is 6.20 Å². The number of nitrogens with one attached hydrogen (secondary N) is 1. The number of aromatic nitrogens is 4. The highest BCUT2D eigenvalue weighted by molar-refractivity contribution is 7.99. The second-order valence-corrected chi connectivity index (χ2v) is 7.20. The SMILES string of the molecule is N#Cc1cnn2c(=O)[nH]c(SCC3C4CCCCCC43)nc12. The van der Waals surface area contributed by atoms with Crippen molar-refractivity contribution in [1.82, 2.24) is 19.6 Å². The van der Waals surface area contributed by atoms with E-state index >= 15 is 0 Å². The molecule has 2 atom stereocenters. The lowest BCUT2D eigenvalue weighted by Gasteiger charge is -2.03. The molecule has 2 saturated carbocycles. The molecular weight excluding hydrogens is 298 g/mol. The van der Waals surface area contributed by atoms with Gasteiger partial charge in [-0.15, -0.1) is 0 Å². The van der Waals surface area contributed by atoms with Gasteiger partial charge in [0.1, 0.15) is 11.6 Å². The van der Waals surface area contributed by atoms with Gasteiger partial charge in [-0.3, -0.25) is 4.98 Å². The Labute approximate surface area is 131 Å². The fourth-order valence-electron chi connectivity index (χ4n) is 3.75. The molecule has 0 saturated heterocycles. The molecule has 114 valence electrons. The summed E-state index contributed by atoms with van der Waals surface area (Å²) in [6.07, 6.45) is 8.22. The fourth-order valence-corrected chi connectivity index (χ4v) is 4.91. The molecule has 6 nitrogen and oxygen atoms in total. The largest absolute Gasteiger partial charge is 0.350 e. The maximum absolute atomic E-state index is 12.0. The Balaban J connectivity index is 1.51. The van der Waals surface area contributed by atoms with Crippen LogP contribution in [0.15, 0.2) is 16.1 Å². The van der Waals surface area contributed by atoms with Crippen LogP contribution in [0.2, 0.25) is 0 Å². The zero-order valence-corrected chi connectivity index (χ0v) is 13.0. The van der Waals surface area contributed by atoms with E-state index in [-0.39, 0.29) is 5.69 Å². The first-order valence-corrected chi connectivity index (χ1v) is 8.77. The van der Waals surface area contributed by atoms with Gasteiger partial charge >= 0.3 is 5.69 Å². The van der Waals surface area contributed by atoms with E-state index in [2.05, 4.69) is 15.1 Å². The standard InChI is InChI=1S/C15H17N5OS/c16-6-9-7-17-20-13(9)18-14(19-15(20)21)22-8-12-10-4-2-1-3-5-11(10)12/h7,10-12H,1-5,8H2,(H,18,19,21). The van der Waals surface area contributed by atoms with E-state index in [1.807, 2.05) is 6.07 Å². The summed E-state index contributed by atoms with van der Waals surface area (Å²) in [7, 11) is 0. The van der Waals surface area contributed by atoms with Gasteiger partial charge in [0.25, 0.3) is 0 Å². The van der Waals surface area contributed by atoms with E-state index in [0.29, 0.717) is 16.4 Å². The third-order valence-electron chi connectivity index (χ3n) is 4.97. The van der Waals surface area contributed by atoms with Crippen molar-refractivity contribution >= 4 is 17.4 Å². The molecule has 0 radical (unpaired) electrons. The summed E-state index contributed by atoms with van der Waals surface area (Å²) in [4.78, 5) is 19.1. The van der Waals surface area contributed by atoms with Crippen LogP contribution < -0.4 is 5.69 Å². The quantitative estimate of drug-likeness (QED) is 0.877. The summed E-state index contributed by atoms with van der Waals surface area (Å²) in [5.41, 5.74) is 0.349. The van der Waals surface area contributed by atoms with Gasteiger partial charge < -0.3 is 0 Å². The summed E-state index contributed by atoms with van der Waals surface area (Å²) >= 11 is 1.60. The number of rotatable bonds is 3. The van der Waals surface area contributed by atoms with Crippen LogP contribution in [0.1, 0.15) is 37.7 Å². The third-order valence-corrected chi connectivity index (χ3v) is 5.99. The normalized spacial score (nSPS) is 27.1. The minimum atomic E-state index is -0.334. The van der Waals surface area contributed by atoms with Crippen molar-refractivity contribution in [2.45, 2.75) is 37.3 Å². The number of aromatic amines is 1. The molecule has 7 heteroatoms. The Hall–Kier alpha value is -1.81. The highest BCUT2D eigenvalue weighted by Gasteiger charge is 2.48. The van der Waals surface area contributed by atoms with Crippen molar-refractivity contribution < 1.29 is 0 Å². The highest BCUT2D eigenvalue weighted by atomic mass is 32.2. The summed E-state index contributed by atoms with van der Waals surface area (Å²) < 4.78 is 1.14. The lowest BCUT2D eigenvalue weighted by Crippen LogP contribution is -2.19. The topological polar surface area (TPSA) is 86.8 Å². The smallest absolute Gasteiger partial charge is 0.285 e. The number of nitrogens with zero attached hydrogens (tertiary/aromatic N) is 4. The second kappa shape index (κ2) is 5.43. The second-order valence-electron chi connectivity index (χ2n) is 6.19. The Bertz CT molecular complexity index is 792. The van der Waals surface area contributed by atoms with Crippen molar-refractivity contribution in [2.24, 2.45) is 17.8 Å². The van der Waals surface area contributed by atoms with Crippen molar-refractivity contribution in [2.75, 3.05) is 5.75 Å². The third kappa shape index (κ3) is 2.31. The molecule has 0 amide bonds. The maximum atomic E-state index is 12.0. The molecule has 1 N–H and O–H groups in total. The lowest BCUT2D eigenvalue weighted by atomic mass is 10.1. The minimum Gasteiger partial charge on any atom is -0.285 e. The zero-order valence-electron chi connectivity index (χ0n) is 12.2. The van der Waals surface area contributed by atoms with Gasteiger partial charge in [-0.1, -0.05) is 31.0 Å². The van der Waals surface area contributed by atoms with Crippen LogP contribution >= 0.6 is 11.8 Å². The van der Waals surface area contributed by atoms with Crippen molar-refractivity contribution in [3.05, 3.63) is 22.2 Å². The maximum Gasteiger partial charge on any atom is 0.350 e. The van der Waals surface area contributed by atoms with Crippen LogP contribution in [0.3, 0.4) is 0 Å².